The summed E-state index contributed by atoms with van der Waals surface area (Å²) < 4.78 is 5.65. The number of rotatable bonds is 6. The van der Waals surface area contributed by atoms with Crippen molar-refractivity contribution in [3.8, 4) is 0 Å². The van der Waals surface area contributed by atoms with Gasteiger partial charge >= 0.3 is 5.97 Å². The van der Waals surface area contributed by atoms with Crippen molar-refractivity contribution < 1.29 is 19.4 Å². The molecule has 1 N–H and O–H groups in total. The lowest BCUT2D eigenvalue weighted by molar-refractivity contribution is -0.152. The van der Waals surface area contributed by atoms with Gasteiger partial charge in [0, 0.05) is 31.4 Å². The number of nitrogens with zero attached hydrogens (tertiary/aromatic N) is 1. The second-order valence-electron chi connectivity index (χ2n) is 6.56. The molecule has 2 rings (SSSR count). The summed E-state index contributed by atoms with van der Waals surface area (Å²) >= 11 is 1.86. The van der Waals surface area contributed by atoms with Crippen molar-refractivity contribution >= 4 is 23.6 Å². The van der Waals surface area contributed by atoms with Gasteiger partial charge in [0.05, 0.1) is 11.5 Å². The van der Waals surface area contributed by atoms with E-state index in [-0.39, 0.29) is 24.5 Å². The lowest BCUT2D eigenvalue weighted by Crippen LogP contribution is -2.46. The number of thioether (sulfide) groups is 1. The van der Waals surface area contributed by atoms with Gasteiger partial charge in [-0.15, -0.1) is 0 Å². The standard InChI is InChI=1S/C15H25NO4S/c1-15(2,14(18)19)8-13(17)16(11-5-7-21-10-11)9-12-4-3-6-20-12/h11-12H,3-10H2,1-2H3,(H,18,19). The first-order valence-electron chi connectivity index (χ1n) is 7.62. The number of carboxylic acid groups (broad SMARTS) is 1. The Balaban J connectivity index is 2.02. The summed E-state index contributed by atoms with van der Waals surface area (Å²) in [6.07, 6.45) is 3.21. The summed E-state index contributed by atoms with van der Waals surface area (Å²) in [6, 6.07) is 0.233. The van der Waals surface area contributed by atoms with E-state index in [1.165, 1.54) is 0 Å². The highest BCUT2D eigenvalue weighted by Crippen LogP contribution is 2.28. The lowest BCUT2D eigenvalue weighted by Gasteiger charge is -2.33. The molecule has 2 saturated heterocycles. The molecule has 0 radical (unpaired) electrons. The van der Waals surface area contributed by atoms with Crippen LogP contribution in [-0.2, 0) is 14.3 Å². The predicted molar refractivity (Wildman–Crippen MR) is 82.5 cm³/mol. The van der Waals surface area contributed by atoms with Crippen LogP contribution in [0.4, 0.5) is 0 Å². The SMILES string of the molecule is CC(C)(CC(=O)N(CC1CCCO1)C1CCSC1)C(=O)O. The van der Waals surface area contributed by atoms with Gasteiger partial charge in [-0.3, -0.25) is 9.59 Å². The molecule has 0 spiro atoms. The van der Waals surface area contributed by atoms with E-state index in [2.05, 4.69) is 0 Å². The maximum Gasteiger partial charge on any atom is 0.309 e. The minimum Gasteiger partial charge on any atom is -0.481 e. The molecule has 5 nitrogen and oxygen atoms in total. The molecule has 0 aromatic carbocycles. The van der Waals surface area contributed by atoms with E-state index in [0.717, 1.165) is 37.4 Å². The second kappa shape index (κ2) is 7.01. The molecule has 2 atom stereocenters. The minimum absolute atomic E-state index is 0.0506. The Bertz CT molecular complexity index is 387. The monoisotopic (exact) mass is 315 g/mol. The largest absolute Gasteiger partial charge is 0.481 e. The Labute approximate surface area is 130 Å². The van der Waals surface area contributed by atoms with Crippen molar-refractivity contribution in [2.24, 2.45) is 5.41 Å². The first-order chi connectivity index (χ1) is 9.90. The maximum atomic E-state index is 12.6. The number of aliphatic carboxylic acids is 1. The summed E-state index contributed by atoms with van der Waals surface area (Å²) in [4.78, 5) is 25.8. The molecular formula is C15H25NO4S. The summed E-state index contributed by atoms with van der Waals surface area (Å²) in [5, 5.41) is 9.22. The molecule has 2 unspecified atom stereocenters. The van der Waals surface area contributed by atoms with E-state index >= 15 is 0 Å². The molecule has 0 aliphatic carbocycles. The number of carboxylic acids is 1. The number of ether oxygens (including phenoxy) is 1. The Kier molecular flexibility index (Phi) is 5.54. The van der Waals surface area contributed by atoms with E-state index in [0.29, 0.717) is 6.54 Å². The van der Waals surface area contributed by atoms with E-state index in [1.54, 1.807) is 13.8 Å². The van der Waals surface area contributed by atoms with Crippen LogP contribution < -0.4 is 0 Å². The minimum atomic E-state index is -1.02. The Morgan fingerprint density at radius 2 is 2.14 bits per heavy atom. The molecule has 0 saturated carbocycles. The number of carbonyl (C=O) groups excluding carboxylic acids is 1. The van der Waals surface area contributed by atoms with Crippen LogP contribution in [0.3, 0.4) is 0 Å². The van der Waals surface area contributed by atoms with Crippen molar-refractivity contribution in [1.29, 1.82) is 0 Å². The van der Waals surface area contributed by atoms with Crippen LogP contribution in [0.2, 0.25) is 0 Å². The van der Waals surface area contributed by atoms with Crippen LogP contribution in [0.15, 0.2) is 0 Å². The highest BCUT2D eigenvalue weighted by molar-refractivity contribution is 7.99. The van der Waals surface area contributed by atoms with Crippen LogP contribution in [0.5, 0.6) is 0 Å². The predicted octanol–water partition coefficient (Wildman–Crippen LogP) is 2.00. The Morgan fingerprint density at radius 3 is 2.67 bits per heavy atom. The van der Waals surface area contributed by atoms with Crippen LogP contribution in [-0.4, -0.2) is 58.7 Å². The molecule has 0 aromatic rings. The molecule has 0 bridgehead atoms. The van der Waals surface area contributed by atoms with Crippen molar-refractivity contribution in [1.82, 2.24) is 4.90 Å². The van der Waals surface area contributed by atoms with Gasteiger partial charge in [0.1, 0.15) is 0 Å². The third kappa shape index (κ3) is 4.36. The Morgan fingerprint density at radius 1 is 1.38 bits per heavy atom. The fraction of sp³-hybridized carbons (Fsp3) is 0.867. The van der Waals surface area contributed by atoms with Crippen LogP contribution >= 0.6 is 11.8 Å². The number of hydrogen-bond donors (Lipinski definition) is 1. The van der Waals surface area contributed by atoms with Crippen molar-refractivity contribution in [2.45, 2.75) is 51.7 Å². The van der Waals surface area contributed by atoms with Crippen LogP contribution in [0.1, 0.15) is 39.5 Å². The average Bonchev–Trinajstić information content (AvgIpc) is 3.08. The maximum absolute atomic E-state index is 12.6. The number of hydrogen-bond acceptors (Lipinski definition) is 4. The summed E-state index contributed by atoms with van der Waals surface area (Å²) in [6.45, 7) is 4.61. The molecule has 2 aliphatic heterocycles. The molecule has 2 heterocycles. The molecule has 1 amide bonds. The Hall–Kier alpha value is -0.750. The van der Waals surface area contributed by atoms with Crippen molar-refractivity contribution in [3.05, 3.63) is 0 Å². The molecule has 6 heteroatoms. The zero-order chi connectivity index (χ0) is 15.5. The van der Waals surface area contributed by atoms with Gasteiger partial charge in [0.25, 0.3) is 0 Å². The van der Waals surface area contributed by atoms with Gasteiger partial charge < -0.3 is 14.7 Å². The van der Waals surface area contributed by atoms with E-state index in [1.807, 2.05) is 16.7 Å². The molecule has 2 fully saturated rings. The van der Waals surface area contributed by atoms with Crippen LogP contribution in [0, 0.1) is 5.41 Å². The molecule has 120 valence electrons. The van der Waals surface area contributed by atoms with Gasteiger partial charge in [0.2, 0.25) is 5.91 Å². The topological polar surface area (TPSA) is 66.8 Å². The first kappa shape index (κ1) is 16.6. The third-order valence-corrected chi connectivity index (χ3v) is 5.41. The summed E-state index contributed by atoms with van der Waals surface area (Å²) in [5.74, 6) is 1.05. The van der Waals surface area contributed by atoms with E-state index in [4.69, 9.17) is 4.74 Å². The van der Waals surface area contributed by atoms with E-state index < -0.39 is 11.4 Å². The van der Waals surface area contributed by atoms with Gasteiger partial charge in [-0.2, -0.15) is 11.8 Å². The van der Waals surface area contributed by atoms with Gasteiger partial charge in [-0.1, -0.05) is 0 Å². The van der Waals surface area contributed by atoms with Gasteiger partial charge in [0.15, 0.2) is 0 Å². The van der Waals surface area contributed by atoms with Crippen molar-refractivity contribution in [2.75, 3.05) is 24.7 Å². The molecule has 21 heavy (non-hydrogen) atoms. The number of amides is 1. The van der Waals surface area contributed by atoms with Gasteiger partial charge in [-0.05, 0) is 38.9 Å². The van der Waals surface area contributed by atoms with Gasteiger partial charge in [-0.25, -0.2) is 0 Å². The highest BCUT2D eigenvalue weighted by atomic mass is 32.2. The zero-order valence-corrected chi connectivity index (χ0v) is 13.7. The quantitative estimate of drug-likeness (QED) is 0.812. The highest BCUT2D eigenvalue weighted by Gasteiger charge is 2.36. The number of carbonyl (C=O) groups is 2. The normalized spacial score (nSPS) is 26.0. The molecule has 0 aromatic heterocycles. The second-order valence-corrected chi connectivity index (χ2v) is 7.71. The smallest absolute Gasteiger partial charge is 0.309 e. The van der Waals surface area contributed by atoms with Crippen LogP contribution in [0.25, 0.3) is 0 Å². The third-order valence-electron chi connectivity index (χ3n) is 4.26. The first-order valence-corrected chi connectivity index (χ1v) is 8.78. The zero-order valence-electron chi connectivity index (χ0n) is 12.8. The van der Waals surface area contributed by atoms with E-state index in [9.17, 15) is 14.7 Å². The fourth-order valence-corrected chi connectivity index (χ4v) is 4.01. The average molecular weight is 315 g/mol. The van der Waals surface area contributed by atoms with Crippen molar-refractivity contribution in [3.63, 3.8) is 0 Å². The molecule has 2 aliphatic rings. The molecular weight excluding hydrogens is 290 g/mol. The summed E-state index contributed by atoms with van der Waals surface area (Å²) in [5.41, 5.74) is -1.02. The fourth-order valence-electron chi connectivity index (χ4n) is 2.79. The lowest BCUT2D eigenvalue weighted by atomic mass is 9.88. The summed E-state index contributed by atoms with van der Waals surface area (Å²) in [7, 11) is 0.